The predicted molar refractivity (Wildman–Crippen MR) is 98.4 cm³/mol. The van der Waals surface area contributed by atoms with Gasteiger partial charge in [-0.25, -0.2) is 4.98 Å². The van der Waals surface area contributed by atoms with Crippen LogP contribution in [0.3, 0.4) is 0 Å². The summed E-state index contributed by atoms with van der Waals surface area (Å²) in [5.74, 6) is 0.802. The van der Waals surface area contributed by atoms with Crippen LogP contribution in [0.25, 0.3) is 22.6 Å². The Labute approximate surface area is 151 Å². The highest BCUT2D eigenvalue weighted by molar-refractivity contribution is 6.30. The topological polar surface area (TPSA) is 58.8 Å². The van der Waals surface area contributed by atoms with Gasteiger partial charge in [0.1, 0.15) is 11.6 Å². The normalized spacial score (nSPS) is 10.5. The molecule has 0 radical (unpaired) electrons. The molecule has 1 heterocycles. The Balaban J connectivity index is 2.24. The number of rotatable bonds is 4. The summed E-state index contributed by atoms with van der Waals surface area (Å²) in [6.45, 7) is 3.79. The molecular weight excluding hydrogens is 334 g/mol. The lowest BCUT2D eigenvalue weighted by Gasteiger charge is -2.14. The molecule has 0 fully saturated rings. The SMILES string of the molecule is CC(C)Oc1nc(-c2ccccc2)nc(-c2ccc(Cl)cc2)c1C#N. The van der Waals surface area contributed by atoms with Crippen LogP contribution >= 0.6 is 11.6 Å². The fourth-order valence-corrected chi connectivity index (χ4v) is 2.51. The molecule has 0 saturated carbocycles. The number of halogens is 1. The third-order valence-electron chi connectivity index (χ3n) is 3.48. The Bertz CT molecular complexity index is 916. The van der Waals surface area contributed by atoms with E-state index in [-0.39, 0.29) is 12.0 Å². The second-order valence-corrected chi connectivity index (χ2v) is 6.16. The first-order chi connectivity index (χ1) is 12.1. The molecule has 25 heavy (non-hydrogen) atoms. The van der Waals surface area contributed by atoms with Crippen LogP contribution in [0.15, 0.2) is 54.6 Å². The molecule has 0 amide bonds. The highest BCUT2D eigenvalue weighted by atomic mass is 35.5. The van der Waals surface area contributed by atoms with Gasteiger partial charge in [0.15, 0.2) is 5.82 Å². The van der Waals surface area contributed by atoms with Crippen molar-refractivity contribution in [3.8, 4) is 34.6 Å². The summed E-state index contributed by atoms with van der Waals surface area (Å²) in [7, 11) is 0. The number of aromatic nitrogens is 2. The molecule has 4 nitrogen and oxygen atoms in total. The Kier molecular flexibility index (Phi) is 4.97. The van der Waals surface area contributed by atoms with E-state index < -0.39 is 0 Å². The first kappa shape index (κ1) is 16.9. The average Bonchev–Trinajstić information content (AvgIpc) is 2.62. The molecule has 2 aromatic carbocycles. The van der Waals surface area contributed by atoms with E-state index in [1.807, 2.05) is 56.3 Å². The lowest BCUT2D eigenvalue weighted by molar-refractivity contribution is 0.232. The van der Waals surface area contributed by atoms with Gasteiger partial charge in [0, 0.05) is 16.1 Å². The van der Waals surface area contributed by atoms with Crippen LogP contribution in [0.2, 0.25) is 5.02 Å². The molecular formula is C20H16ClN3O. The van der Waals surface area contributed by atoms with E-state index >= 15 is 0 Å². The van der Waals surface area contributed by atoms with Crippen molar-refractivity contribution in [3.63, 3.8) is 0 Å². The summed E-state index contributed by atoms with van der Waals surface area (Å²) in [5.41, 5.74) is 2.49. The van der Waals surface area contributed by atoms with Crippen LogP contribution in [0, 0.1) is 11.3 Å². The fourth-order valence-electron chi connectivity index (χ4n) is 2.38. The zero-order valence-corrected chi connectivity index (χ0v) is 14.7. The van der Waals surface area contributed by atoms with Crippen LogP contribution in [0.5, 0.6) is 5.88 Å². The van der Waals surface area contributed by atoms with Crippen LogP contribution in [0.1, 0.15) is 19.4 Å². The molecule has 0 atom stereocenters. The largest absolute Gasteiger partial charge is 0.474 e. The molecule has 0 aliphatic rings. The Morgan fingerprint density at radius 3 is 2.24 bits per heavy atom. The summed E-state index contributed by atoms with van der Waals surface area (Å²) < 4.78 is 5.78. The monoisotopic (exact) mass is 349 g/mol. The molecule has 3 rings (SSSR count). The quantitative estimate of drug-likeness (QED) is 0.655. The van der Waals surface area contributed by atoms with Crippen molar-refractivity contribution in [2.75, 3.05) is 0 Å². The molecule has 0 N–H and O–H groups in total. The van der Waals surface area contributed by atoms with Gasteiger partial charge in [0.25, 0.3) is 0 Å². The standard InChI is InChI=1S/C20H16ClN3O/c1-13(2)25-20-17(12-22)18(14-8-10-16(21)11-9-14)23-19(24-20)15-6-4-3-5-7-15/h3-11,13H,1-2H3. The number of hydrogen-bond donors (Lipinski definition) is 0. The van der Waals surface area contributed by atoms with Gasteiger partial charge < -0.3 is 4.74 Å². The molecule has 3 aromatic rings. The third kappa shape index (κ3) is 3.78. The van der Waals surface area contributed by atoms with Gasteiger partial charge in [-0.1, -0.05) is 54.1 Å². The Morgan fingerprint density at radius 2 is 1.64 bits per heavy atom. The van der Waals surface area contributed by atoms with Gasteiger partial charge in [-0.05, 0) is 26.0 Å². The van der Waals surface area contributed by atoms with E-state index in [1.54, 1.807) is 12.1 Å². The second-order valence-electron chi connectivity index (χ2n) is 5.73. The van der Waals surface area contributed by atoms with Gasteiger partial charge >= 0.3 is 0 Å². The van der Waals surface area contributed by atoms with Gasteiger partial charge in [-0.2, -0.15) is 10.2 Å². The van der Waals surface area contributed by atoms with E-state index in [1.165, 1.54) is 0 Å². The molecule has 0 bridgehead atoms. The summed E-state index contributed by atoms with van der Waals surface area (Å²) in [6.07, 6.45) is -0.108. The molecule has 0 aliphatic carbocycles. The van der Waals surface area contributed by atoms with Crippen molar-refractivity contribution in [1.29, 1.82) is 5.26 Å². The zero-order chi connectivity index (χ0) is 17.8. The molecule has 124 valence electrons. The van der Waals surface area contributed by atoms with Crippen LogP contribution < -0.4 is 4.74 Å². The zero-order valence-electron chi connectivity index (χ0n) is 13.9. The summed E-state index contributed by atoms with van der Waals surface area (Å²) in [5, 5.41) is 10.3. The van der Waals surface area contributed by atoms with E-state index in [4.69, 9.17) is 16.3 Å². The maximum atomic E-state index is 9.65. The molecule has 5 heteroatoms. The number of ether oxygens (including phenoxy) is 1. The minimum Gasteiger partial charge on any atom is -0.474 e. The smallest absolute Gasteiger partial charge is 0.236 e. The van der Waals surface area contributed by atoms with Crippen molar-refractivity contribution >= 4 is 11.6 Å². The maximum Gasteiger partial charge on any atom is 0.236 e. The number of nitrogens with zero attached hydrogens (tertiary/aromatic N) is 3. The Morgan fingerprint density at radius 1 is 0.960 bits per heavy atom. The molecule has 0 aliphatic heterocycles. The van der Waals surface area contributed by atoms with Crippen molar-refractivity contribution in [2.24, 2.45) is 0 Å². The minimum absolute atomic E-state index is 0.108. The number of benzene rings is 2. The van der Waals surface area contributed by atoms with E-state index in [0.717, 1.165) is 11.1 Å². The van der Waals surface area contributed by atoms with E-state index in [0.29, 0.717) is 22.1 Å². The molecule has 0 saturated heterocycles. The molecule has 1 aromatic heterocycles. The fraction of sp³-hybridized carbons (Fsp3) is 0.150. The van der Waals surface area contributed by atoms with E-state index in [2.05, 4.69) is 16.0 Å². The van der Waals surface area contributed by atoms with E-state index in [9.17, 15) is 5.26 Å². The van der Waals surface area contributed by atoms with Gasteiger partial charge in [0.2, 0.25) is 5.88 Å². The average molecular weight is 350 g/mol. The van der Waals surface area contributed by atoms with Crippen molar-refractivity contribution in [1.82, 2.24) is 9.97 Å². The highest BCUT2D eigenvalue weighted by Crippen LogP contribution is 2.31. The molecule has 0 spiro atoms. The summed E-state index contributed by atoms with van der Waals surface area (Å²) in [6, 6.07) is 19.0. The second kappa shape index (κ2) is 7.33. The first-order valence-electron chi connectivity index (χ1n) is 7.88. The maximum absolute atomic E-state index is 9.65. The summed E-state index contributed by atoms with van der Waals surface area (Å²) in [4.78, 5) is 9.10. The third-order valence-corrected chi connectivity index (χ3v) is 3.74. The van der Waals surface area contributed by atoms with Gasteiger partial charge in [-0.3, -0.25) is 0 Å². The molecule has 0 unspecified atom stereocenters. The minimum atomic E-state index is -0.108. The van der Waals surface area contributed by atoms with Gasteiger partial charge in [0.05, 0.1) is 11.8 Å². The number of hydrogen-bond acceptors (Lipinski definition) is 4. The first-order valence-corrected chi connectivity index (χ1v) is 8.26. The van der Waals surface area contributed by atoms with Crippen molar-refractivity contribution in [2.45, 2.75) is 20.0 Å². The predicted octanol–water partition coefficient (Wildman–Crippen LogP) is 5.12. The Hall–Kier alpha value is -2.90. The van der Waals surface area contributed by atoms with Crippen molar-refractivity contribution < 1.29 is 4.74 Å². The lowest BCUT2D eigenvalue weighted by Crippen LogP contribution is -2.10. The van der Waals surface area contributed by atoms with Crippen LogP contribution in [-0.2, 0) is 0 Å². The summed E-state index contributed by atoms with van der Waals surface area (Å²) >= 11 is 5.98. The van der Waals surface area contributed by atoms with Crippen LogP contribution in [0.4, 0.5) is 0 Å². The van der Waals surface area contributed by atoms with Crippen LogP contribution in [-0.4, -0.2) is 16.1 Å². The lowest BCUT2D eigenvalue weighted by atomic mass is 10.1. The number of nitriles is 1. The highest BCUT2D eigenvalue weighted by Gasteiger charge is 2.19. The van der Waals surface area contributed by atoms with Crippen molar-refractivity contribution in [3.05, 3.63) is 65.2 Å². The van der Waals surface area contributed by atoms with Gasteiger partial charge in [-0.15, -0.1) is 0 Å².